The van der Waals surface area contributed by atoms with Crippen LogP contribution in [0.4, 0.5) is 0 Å². The Morgan fingerprint density at radius 3 is 3.06 bits per heavy atom. The smallest absolute Gasteiger partial charge is 0.226 e. The van der Waals surface area contributed by atoms with E-state index in [1.807, 2.05) is 7.05 Å². The van der Waals surface area contributed by atoms with Gasteiger partial charge in [0.25, 0.3) is 0 Å². The molecule has 1 fully saturated rings. The minimum absolute atomic E-state index is 0.351. The Balaban J connectivity index is 1.82. The van der Waals surface area contributed by atoms with Crippen LogP contribution in [0, 0.1) is 5.92 Å². The molecule has 1 amide bonds. The lowest BCUT2D eigenvalue weighted by molar-refractivity contribution is -0.132. The lowest BCUT2D eigenvalue weighted by atomic mass is 9.95. The first-order chi connectivity index (χ1) is 8.79. The van der Waals surface area contributed by atoms with Gasteiger partial charge in [-0.1, -0.05) is 11.6 Å². The van der Waals surface area contributed by atoms with Crippen molar-refractivity contribution in [2.45, 2.75) is 44.9 Å². The monoisotopic (exact) mass is 250 g/mol. The fraction of sp³-hybridized carbons (Fsp3) is 0.800. The van der Waals surface area contributed by atoms with Crippen molar-refractivity contribution in [2.24, 2.45) is 5.92 Å². The van der Waals surface area contributed by atoms with Crippen LogP contribution in [0.3, 0.4) is 0 Å². The zero-order chi connectivity index (χ0) is 12.8. The molecule has 18 heavy (non-hydrogen) atoms. The number of carbonyl (C=O) groups is 1. The standard InChI is InChI=1S/C15H26N2O/c1-16-11-14-8-5-9-17(12-14)15(18)10-13-6-3-2-4-7-13/h6,14,16H,2-5,7-12H2,1H3. The summed E-state index contributed by atoms with van der Waals surface area (Å²) >= 11 is 0. The minimum Gasteiger partial charge on any atom is -0.342 e. The fourth-order valence-electron chi connectivity index (χ4n) is 3.12. The Morgan fingerprint density at radius 2 is 2.33 bits per heavy atom. The van der Waals surface area contributed by atoms with Crippen LogP contribution >= 0.6 is 0 Å². The highest BCUT2D eigenvalue weighted by Crippen LogP contribution is 2.23. The Labute approximate surface area is 111 Å². The molecule has 0 aromatic heterocycles. The molecular formula is C15H26N2O. The summed E-state index contributed by atoms with van der Waals surface area (Å²) in [5.41, 5.74) is 1.38. The summed E-state index contributed by atoms with van der Waals surface area (Å²) in [5.74, 6) is 0.997. The molecule has 3 nitrogen and oxygen atoms in total. The number of allylic oxidation sites excluding steroid dienone is 1. The van der Waals surface area contributed by atoms with Gasteiger partial charge in [-0.05, 0) is 58.0 Å². The number of rotatable bonds is 4. The molecule has 1 N–H and O–H groups in total. The topological polar surface area (TPSA) is 32.3 Å². The van der Waals surface area contributed by atoms with E-state index in [0.29, 0.717) is 18.2 Å². The summed E-state index contributed by atoms with van der Waals surface area (Å²) in [4.78, 5) is 14.4. The van der Waals surface area contributed by atoms with Gasteiger partial charge in [-0.25, -0.2) is 0 Å². The summed E-state index contributed by atoms with van der Waals surface area (Å²) in [5, 5.41) is 3.23. The van der Waals surface area contributed by atoms with Crippen molar-refractivity contribution in [3.8, 4) is 0 Å². The first kappa shape index (κ1) is 13.6. The van der Waals surface area contributed by atoms with Crippen LogP contribution in [0.15, 0.2) is 11.6 Å². The van der Waals surface area contributed by atoms with E-state index in [-0.39, 0.29) is 0 Å². The maximum Gasteiger partial charge on any atom is 0.226 e. The largest absolute Gasteiger partial charge is 0.342 e. The van der Waals surface area contributed by atoms with Gasteiger partial charge in [-0.3, -0.25) is 4.79 Å². The number of carbonyl (C=O) groups excluding carboxylic acids is 1. The zero-order valence-electron chi connectivity index (χ0n) is 11.6. The van der Waals surface area contributed by atoms with Crippen LogP contribution in [0.5, 0.6) is 0 Å². The van der Waals surface area contributed by atoms with E-state index in [4.69, 9.17) is 0 Å². The molecule has 0 radical (unpaired) electrons. The van der Waals surface area contributed by atoms with E-state index in [2.05, 4.69) is 16.3 Å². The molecule has 2 aliphatic rings. The number of hydrogen-bond acceptors (Lipinski definition) is 2. The van der Waals surface area contributed by atoms with Gasteiger partial charge < -0.3 is 10.2 Å². The van der Waals surface area contributed by atoms with E-state index in [1.54, 1.807) is 0 Å². The number of nitrogens with one attached hydrogen (secondary N) is 1. The first-order valence-corrected chi connectivity index (χ1v) is 7.40. The lowest BCUT2D eigenvalue weighted by Crippen LogP contribution is -2.42. The van der Waals surface area contributed by atoms with Crippen LogP contribution in [-0.4, -0.2) is 37.5 Å². The summed E-state index contributed by atoms with van der Waals surface area (Å²) in [6, 6.07) is 0. The van der Waals surface area contributed by atoms with Gasteiger partial charge in [0.15, 0.2) is 0 Å². The predicted molar refractivity (Wildman–Crippen MR) is 74.4 cm³/mol. The van der Waals surface area contributed by atoms with Gasteiger partial charge in [-0.2, -0.15) is 0 Å². The van der Waals surface area contributed by atoms with Gasteiger partial charge >= 0.3 is 0 Å². The average molecular weight is 250 g/mol. The third-order valence-corrected chi connectivity index (χ3v) is 4.13. The summed E-state index contributed by atoms with van der Waals surface area (Å²) in [6.07, 6.45) is 10.3. The molecule has 0 bridgehead atoms. The highest BCUT2D eigenvalue weighted by Gasteiger charge is 2.23. The zero-order valence-corrected chi connectivity index (χ0v) is 11.6. The van der Waals surface area contributed by atoms with Crippen molar-refractivity contribution < 1.29 is 4.79 Å². The molecule has 1 heterocycles. The molecule has 0 aromatic rings. The Hall–Kier alpha value is -0.830. The van der Waals surface area contributed by atoms with Gasteiger partial charge in [0.2, 0.25) is 5.91 Å². The molecule has 1 aliphatic carbocycles. The van der Waals surface area contributed by atoms with E-state index in [0.717, 1.165) is 32.5 Å². The quantitative estimate of drug-likeness (QED) is 0.777. The maximum atomic E-state index is 12.3. The van der Waals surface area contributed by atoms with E-state index >= 15 is 0 Å². The van der Waals surface area contributed by atoms with Crippen molar-refractivity contribution in [1.29, 1.82) is 0 Å². The molecule has 0 aromatic carbocycles. The van der Waals surface area contributed by atoms with Crippen LogP contribution in [0.25, 0.3) is 0 Å². The van der Waals surface area contributed by atoms with Crippen molar-refractivity contribution in [3.05, 3.63) is 11.6 Å². The second kappa shape index (κ2) is 6.93. The van der Waals surface area contributed by atoms with Crippen molar-refractivity contribution in [2.75, 3.05) is 26.7 Å². The number of nitrogens with zero attached hydrogens (tertiary/aromatic N) is 1. The SMILES string of the molecule is CNCC1CCCN(C(=O)CC2=CCCCC2)C1. The molecular weight excluding hydrogens is 224 g/mol. The molecule has 1 unspecified atom stereocenters. The normalized spacial score (nSPS) is 24.8. The number of likely N-dealkylation sites (tertiary alicyclic amines) is 1. The maximum absolute atomic E-state index is 12.3. The molecule has 1 atom stereocenters. The second-order valence-electron chi connectivity index (χ2n) is 5.69. The number of amides is 1. The van der Waals surface area contributed by atoms with E-state index in [1.165, 1.54) is 31.3 Å². The van der Waals surface area contributed by atoms with Gasteiger partial charge in [0.1, 0.15) is 0 Å². The third-order valence-electron chi connectivity index (χ3n) is 4.13. The van der Waals surface area contributed by atoms with Gasteiger partial charge in [-0.15, -0.1) is 0 Å². The Kier molecular flexibility index (Phi) is 5.24. The van der Waals surface area contributed by atoms with Crippen LogP contribution in [0.2, 0.25) is 0 Å². The highest BCUT2D eigenvalue weighted by atomic mass is 16.2. The van der Waals surface area contributed by atoms with Crippen molar-refractivity contribution in [1.82, 2.24) is 10.2 Å². The third kappa shape index (κ3) is 3.84. The van der Waals surface area contributed by atoms with Crippen molar-refractivity contribution in [3.63, 3.8) is 0 Å². The first-order valence-electron chi connectivity index (χ1n) is 7.40. The van der Waals surface area contributed by atoms with Gasteiger partial charge in [0.05, 0.1) is 0 Å². The average Bonchev–Trinajstić information content (AvgIpc) is 2.40. The fourth-order valence-corrected chi connectivity index (χ4v) is 3.12. The molecule has 1 saturated heterocycles. The molecule has 0 spiro atoms. The molecule has 102 valence electrons. The lowest BCUT2D eigenvalue weighted by Gasteiger charge is -2.33. The summed E-state index contributed by atoms with van der Waals surface area (Å²) < 4.78 is 0. The van der Waals surface area contributed by atoms with E-state index in [9.17, 15) is 4.79 Å². The number of piperidine rings is 1. The van der Waals surface area contributed by atoms with Crippen molar-refractivity contribution >= 4 is 5.91 Å². The van der Waals surface area contributed by atoms with Gasteiger partial charge in [0, 0.05) is 19.5 Å². The minimum atomic E-state index is 0.351. The highest BCUT2D eigenvalue weighted by molar-refractivity contribution is 5.78. The van der Waals surface area contributed by atoms with Crippen LogP contribution in [-0.2, 0) is 4.79 Å². The summed E-state index contributed by atoms with van der Waals surface area (Å²) in [7, 11) is 1.99. The molecule has 1 aliphatic heterocycles. The van der Waals surface area contributed by atoms with Crippen LogP contribution in [0.1, 0.15) is 44.9 Å². The van der Waals surface area contributed by atoms with Crippen LogP contribution < -0.4 is 5.32 Å². The number of hydrogen-bond donors (Lipinski definition) is 1. The Morgan fingerprint density at radius 1 is 1.44 bits per heavy atom. The van der Waals surface area contributed by atoms with E-state index < -0.39 is 0 Å². The summed E-state index contributed by atoms with van der Waals surface area (Å²) in [6.45, 7) is 2.95. The molecule has 0 saturated carbocycles. The predicted octanol–water partition coefficient (Wildman–Crippen LogP) is 2.33. The second-order valence-corrected chi connectivity index (χ2v) is 5.69. The molecule has 2 rings (SSSR count). The molecule has 3 heteroatoms. The Bertz CT molecular complexity index is 310.